The normalized spacial score (nSPS) is 10.7. The van der Waals surface area contributed by atoms with Gasteiger partial charge in [-0.25, -0.2) is 4.79 Å². The number of carbonyl (C=O) groups is 2. The van der Waals surface area contributed by atoms with Gasteiger partial charge in [0, 0.05) is 12.1 Å². The zero-order valence-electron chi connectivity index (χ0n) is 18.8. The van der Waals surface area contributed by atoms with Gasteiger partial charge in [0.1, 0.15) is 28.4 Å². The van der Waals surface area contributed by atoms with Crippen LogP contribution >= 0.6 is 0 Å². The Morgan fingerprint density at radius 3 is 2.47 bits per heavy atom. The van der Waals surface area contributed by atoms with Gasteiger partial charge in [-0.2, -0.15) is 0 Å². The number of carboxylic acids is 1. The van der Waals surface area contributed by atoms with E-state index in [1.807, 2.05) is 0 Å². The van der Waals surface area contributed by atoms with Crippen molar-refractivity contribution in [3.8, 4) is 17.2 Å². The average Bonchev–Trinajstić information content (AvgIpc) is 2.79. The van der Waals surface area contributed by atoms with Crippen molar-refractivity contribution in [1.82, 2.24) is 0 Å². The second-order valence-electron chi connectivity index (χ2n) is 7.69. The predicted molar refractivity (Wildman–Crippen MR) is 126 cm³/mol. The summed E-state index contributed by atoms with van der Waals surface area (Å²) >= 11 is 0. The van der Waals surface area contributed by atoms with Crippen molar-refractivity contribution in [3.05, 3.63) is 76.2 Å². The van der Waals surface area contributed by atoms with Crippen LogP contribution in [0.2, 0.25) is 0 Å². The van der Waals surface area contributed by atoms with Crippen molar-refractivity contribution in [2.45, 2.75) is 32.6 Å². The first-order valence-corrected chi connectivity index (χ1v) is 10.8. The maximum absolute atomic E-state index is 12.0. The number of aromatic carboxylic acids is 1. The van der Waals surface area contributed by atoms with Gasteiger partial charge in [-0.15, -0.1) is 6.58 Å². The number of aromatic hydroxyl groups is 1. The zero-order chi connectivity index (χ0) is 24.7. The molecule has 8 heteroatoms. The van der Waals surface area contributed by atoms with Gasteiger partial charge in [0.05, 0.1) is 18.6 Å². The third kappa shape index (κ3) is 5.83. The Labute approximate surface area is 196 Å². The van der Waals surface area contributed by atoms with Gasteiger partial charge in [-0.05, 0) is 56.4 Å². The van der Waals surface area contributed by atoms with Crippen molar-refractivity contribution < 1.29 is 33.7 Å². The minimum Gasteiger partial charge on any atom is -0.507 e. The number of ether oxygens (including phenoxy) is 2. The van der Waals surface area contributed by atoms with Gasteiger partial charge >= 0.3 is 5.97 Å². The van der Waals surface area contributed by atoms with E-state index in [0.29, 0.717) is 43.1 Å². The highest BCUT2D eigenvalue weighted by Crippen LogP contribution is 2.32. The van der Waals surface area contributed by atoms with Crippen LogP contribution < -0.4 is 14.9 Å². The highest BCUT2D eigenvalue weighted by atomic mass is 16.5. The number of rotatable bonds is 12. The number of benzene rings is 2. The quantitative estimate of drug-likeness (QED) is 0.223. The molecule has 3 rings (SSSR count). The highest BCUT2D eigenvalue weighted by Gasteiger charge is 2.17. The first kappa shape index (κ1) is 24.6. The number of Topliss-reactive ketones (excluding diaryl/α,β-unsaturated/α-hetero) is 1. The maximum atomic E-state index is 12.0. The molecular weight excluding hydrogens is 440 g/mol. The molecule has 2 aromatic carbocycles. The standard InChI is InChI=1S/C26H26O8/c1-3-7-17-8-11-21(24(16(2)27)25(17)29)33-13-6-4-5-12-32-18-9-10-19-20(28)15-23(26(30)31)34-22(19)14-18/h3,8-11,14-15,29H,1,4-7,12-13H2,2H3,(H,30,31). The van der Waals surface area contributed by atoms with E-state index in [2.05, 4.69) is 6.58 Å². The lowest BCUT2D eigenvalue weighted by molar-refractivity contribution is 0.0662. The number of hydrogen-bond donors (Lipinski definition) is 2. The minimum absolute atomic E-state index is 0.0694. The molecule has 0 radical (unpaired) electrons. The Bertz CT molecular complexity index is 1270. The highest BCUT2D eigenvalue weighted by molar-refractivity contribution is 6.00. The predicted octanol–water partition coefficient (Wildman–Crippen LogP) is 4.76. The Hall–Kier alpha value is -4.07. The lowest BCUT2D eigenvalue weighted by Crippen LogP contribution is -2.07. The van der Waals surface area contributed by atoms with Crippen LogP contribution in [-0.4, -0.2) is 35.2 Å². The average molecular weight is 466 g/mol. The third-order valence-electron chi connectivity index (χ3n) is 5.17. The molecule has 0 unspecified atom stereocenters. The fraction of sp³-hybridized carbons (Fsp3) is 0.269. The molecule has 0 saturated heterocycles. The lowest BCUT2D eigenvalue weighted by Gasteiger charge is -2.13. The molecule has 0 aliphatic carbocycles. The second kappa shape index (κ2) is 11.2. The molecule has 0 aliphatic rings. The number of phenols is 1. The van der Waals surface area contributed by atoms with E-state index in [0.717, 1.165) is 18.9 Å². The molecule has 34 heavy (non-hydrogen) atoms. The summed E-state index contributed by atoms with van der Waals surface area (Å²) in [6.45, 7) is 5.82. The molecule has 178 valence electrons. The molecule has 2 N–H and O–H groups in total. The smallest absolute Gasteiger partial charge is 0.371 e. The molecule has 0 atom stereocenters. The number of allylic oxidation sites excluding steroid dienone is 1. The third-order valence-corrected chi connectivity index (χ3v) is 5.17. The van der Waals surface area contributed by atoms with Crippen LogP contribution in [0.3, 0.4) is 0 Å². The molecule has 1 aromatic heterocycles. The number of carboxylic acid groups (broad SMARTS) is 1. The summed E-state index contributed by atoms with van der Waals surface area (Å²) in [4.78, 5) is 35.0. The summed E-state index contributed by atoms with van der Waals surface area (Å²) in [6.07, 6.45) is 4.34. The molecule has 0 spiro atoms. The lowest BCUT2D eigenvalue weighted by atomic mass is 10.0. The Morgan fingerprint density at radius 2 is 1.79 bits per heavy atom. The van der Waals surface area contributed by atoms with E-state index in [9.17, 15) is 19.5 Å². The maximum Gasteiger partial charge on any atom is 0.371 e. The van der Waals surface area contributed by atoms with Crippen LogP contribution in [0, 0.1) is 0 Å². The molecule has 8 nitrogen and oxygen atoms in total. The number of hydrogen-bond acceptors (Lipinski definition) is 7. The van der Waals surface area contributed by atoms with Gasteiger partial charge in [-0.1, -0.05) is 12.1 Å². The number of phenolic OH excluding ortho intramolecular Hbond substituents is 1. The summed E-state index contributed by atoms with van der Waals surface area (Å²) in [5, 5.41) is 19.7. The number of unbranched alkanes of at least 4 members (excludes halogenated alkanes) is 2. The molecule has 0 fully saturated rings. The van der Waals surface area contributed by atoms with E-state index < -0.39 is 17.2 Å². The monoisotopic (exact) mass is 466 g/mol. The van der Waals surface area contributed by atoms with Crippen molar-refractivity contribution in [1.29, 1.82) is 0 Å². The Morgan fingerprint density at radius 1 is 1.06 bits per heavy atom. The van der Waals surface area contributed by atoms with Crippen LogP contribution in [0.1, 0.15) is 52.7 Å². The van der Waals surface area contributed by atoms with Crippen LogP contribution in [-0.2, 0) is 6.42 Å². The van der Waals surface area contributed by atoms with Gasteiger partial charge in [0.25, 0.3) is 0 Å². The van der Waals surface area contributed by atoms with E-state index in [1.165, 1.54) is 13.0 Å². The molecular formula is C26H26O8. The Kier molecular flexibility index (Phi) is 8.08. The van der Waals surface area contributed by atoms with Crippen LogP contribution in [0.15, 0.2) is 58.3 Å². The van der Waals surface area contributed by atoms with Crippen LogP contribution in [0.5, 0.6) is 17.2 Å². The fourth-order valence-electron chi connectivity index (χ4n) is 3.48. The first-order chi connectivity index (χ1) is 16.3. The molecule has 1 heterocycles. The zero-order valence-corrected chi connectivity index (χ0v) is 18.8. The number of fused-ring (bicyclic) bond motifs is 1. The van der Waals surface area contributed by atoms with Gasteiger partial charge in [0.2, 0.25) is 5.76 Å². The number of carbonyl (C=O) groups excluding carboxylic acids is 1. The van der Waals surface area contributed by atoms with E-state index in [4.69, 9.17) is 19.0 Å². The summed E-state index contributed by atoms with van der Waals surface area (Å²) in [5.74, 6) is -1.26. The van der Waals surface area contributed by atoms with Crippen molar-refractivity contribution in [2.24, 2.45) is 0 Å². The topological polar surface area (TPSA) is 123 Å². The molecule has 0 bridgehead atoms. The van der Waals surface area contributed by atoms with Gasteiger partial charge in [0.15, 0.2) is 11.2 Å². The Balaban J connectivity index is 1.49. The first-order valence-electron chi connectivity index (χ1n) is 10.8. The SMILES string of the molecule is C=CCc1ccc(OCCCCCOc2ccc3c(=O)cc(C(=O)O)oc3c2)c(C(C)=O)c1O. The van der Waals surface area contributed by atoms with Gasteiger partial charge in [-0.3, -0.25) is 9.59 Å². The van der Waals surface area contributed by atoms with Crippen molar-refractivity contribution >= 4 is 22.7 Å². The van der Waals surface area contributed by atoms with Gasteiger partial charge < -0.3 is 24.1 Å². The largest absolute Gasteiger partial charge is 0.507 e. The summed E-state index contributed by atoms with van der Waals surface area (Å²) in [7, 11) is 0. The van der Waals surface area contributed by atoms with E-state index in [-0.39, 0.29) is 28.1 Å². The van der Waals surface area contributed by atoms with Crippen LogP contribution in [0.4, 0.5) is 0 Å². The summed E-state index contributed by atoms with van der Waals surface area (Å²) in [6, 6.07) is 9.03. The second-order valence-corrected chi connectivity index (χ2v) is 7.69. The minimum atomic E-state index is -1.31. The van der Waals surface area contributed by atoms with E-state index in [1.54, 1.807) is 30.3 Å². The molecule has 3 aromatic rings. The molecule has 0 aliphatic heterocycles. The van der Waals surface area contributed by atoms with E-state index >= 15 is 0 Å². The van der Waals surface area contributed by atoms with Crippen molar-refractivity contribution in [2.75, 3.05) is 13.2 Å². The van der Waals surface area contributed by atoms with Crippen LogP contribution in [0.25, 0.3) is 11.0 Å². The summed E-state index contributed by atoms with van der Waals surface area (Å²) in [5.41, 5.74) is 0.523. The summed E-state index contributed by atoms with van der Waals surface area (Å²) < 4.78 is 16.7. The van der Waals surface area contributed by atoms with Crippen molar-refractivity contribution in [3.63, 3.8) is 0 Å². The molecule has 0 saturated carbocycles. The molecule has 0 amide bonds. The fourth-order valence-corrected chi connectivity index (χ4v) is 3.48. The number of ketones is 1.